The zero-order chi connectivity index (χ0) is 14.0. The molecule has 1 aromatic carbocycles. The molecular formula is C17H23NO. The molecule has 1 atom stereocenters. The Kier molecular flexibility index (Phi) is 4.11. The van der Waals surface area contributed by atoms with Crippen LogP contribution in [0.1, 0.15) is 46.7 Å². The summed E-state index contributed by atoms with van der Waals surface area (Å²) in [5.74, 6) is 2.03. The fraction of sp³-hybridized carbons (Fsp3) is 0.412. The molecule has 2 aromatic rings. The fourth-order valence-corrected chi connectivity index (χ4v) is 2.48. The molecule has 2 heteroatoms. The van der Waals surface area contributed by atoms with Crippen molar-refractivity contribution in [2.24, 2.45) is 0 Å². The first-order valence-electron chi connectivity index (χ1n) is 6.90. The van der Waals surface area contributed by atoms with E-state index in [0.717, 1.165) is 17.9 Å². The molecule has 0 aliphatic heterocycles. The molecule has 0 aliphatic carbocycles. The number of hydrogen-bond acceptors (Lipinski definition) is 2. The summed E-state index contributed by atoms with van der Waals surface area (Å²) in [7, 11) is 1.98. The highest BCUT2D eigenvalue weighted by Crippen LogP contribution is 2.28. The lowest BCUT2D eigenvalue weighted by atomic mass is 9.94. The third kappa shape index (κ3) is 2.74. The Morgan fingerprint density at radius 2 is 1.74 bits per heavy atom. The van der Waals surface area contributed by atoms with E-state index in [-0.39, 0.29) is 6.04 Å². The molecule has 0 bridgehead atoms. The van der Waals surface area contributed by atoms with Gasteiger partial charge in [0.05, 0.1) is 6.04 Å². The SMILES string of the molecule is CCc1ccc(C(NC)c2cc(C)c(C)cc2C)o1. The Bertz CT molecular complexity index is 569. The third-order valence-corrected chi connectivity index (χ3v) is 3.80. The van der Waals surface area contributed by atoms with Gasteiger partial charge in [0.25, 0.3) is 0 Å². The maximum absolute atomic E-state index is 5.90. The smallest absolute Gasteiger partial charge is 0.125 e. The summed E-state index contributed by atoms with van der Waals surface area (Å²) in [4.78, 5) is 0. The van der Waals surface area contributed by atoms with Gasteiger partial charge in [0.2, 0.25) is 0 Å². The van der Waals surface area contributed by atoms with Gasteiger partial charge in [-0.25, -0.2) is 0 Å². The van der Waals surface area contributed by atoms with Crippen LogP contribution in [0.25, 0.3) is 0 Å². The van der Waals surface area contributed by atoms with Gasteiger partial charge in [-0.2, -0.15) is 0 Å². The van der Waals surface area contributed by atoms with Crippen LogP contribution in [0.3, 0.4) is 0 Å². The Balaban J connectivity index is 2.44. The highest BCUT2D eigenvalue weighted by Gasteiger charge is 2.18. The van der Waals surface area contributed by atoms with Crippen LogP contribution in [0.2, 0.25) is 0 Å². The minimum Gasteiger partial charge on any atom is -0.464 e. The molecule has 1 aromatic heterocycles. The van der Waals surface area contributed by atoms with Crippen molar-refractivity contribution in [3.05, 3.63) is 58.0 Å². The van der Waals surface area contributed by atoms with Crippen LogP contribution in [0.5, 0.6) is 0 Å². The number of furan rings is 1. The van der Waals surface area contributed by atoms with Crippen LogP contribution in [0.15, 0.2) is 28.7 Å². The van der Waals surface area contributed by atoms with Crippen molar-refractivity contribution in [3.63, 3.8) is 0 Å². The molecule has 0 amide bonds. The number of aryl methyl sites for hydroxylation is 4. The van der Waals surface area contributed by atoms with Crippen molar-refractivity contribution >= 4 is 0 Å². The van der Waals surface area contributed by atoms with E-state index in [1.54, 1.807) is 0 Å². The molecule has 0 saturated heterocycles. The molecule has 1 heterocycles. The second kappa shape index (κ2) is 5.62. The van der Waals surface area contributed by atoms with E-state index in [2.05, 4.69) is 57.3 Å². The van der Waals surface area contributed by atoms with Crippen LogP contribution in [-0.4, -0.2) is 7.05 Å². The van der Waals surface area contributed by atoms with E-state index in [9.17, 15) is 0 Å². The zero-order valence-corrected chi connectivity index (χ0v) is 12.5. The molecule has 19 heavy (non-hydrogen) atoms. The molecule has 1 N–H and O–H groups in total. The lowest BCUT2D eigenvalue weighted by Crippen LogP contribution is -2.18. The van der Waals surface area contributed by atoms with Gasteiger partial charge in [-0.15, -0.1) is 0 Å². The minimum atomic E-state index is 0.125. The maximum atomic E-state index is 5.90. The minimum absolute atomic E-state index is 0.125. The lowest BCUT2D eigenvalue weighted by molar-refractivity contribution is 0.433. The van der Waals surface area contributed by atoms with Gasteiger partial charge in [-0.1, -0.05) is 19.1 Å². The molecule has 102 valence electrons. The molecule has 2 nitrogen and oxygen atoms in total. The Labute approximate surface area is 115 Å². The average molecular weight is 257 g/mol. The molecule has 2 rings (SSSR count). The van der Waals surface area contributed by atoms with Crippen LogP contribution >= 0.6 is 0 Å². The van der Waals surface area contributed by atoms with Crippen LogP contribution in [-0.2, 0) is 6.42 Å². The number of nitrogens with one attached hydrogen (secondary N) is 1. The highest BCUT2D eigenvalue weighted by molar-refractivity contribution is 5.40. The lowest BCUT2D eigenvalue weighted by Gasteiger charge is -2.18. The molecule has 1 unspecified atom stereocenters. The third-order valence-electron chi connectivity index (χ3n) is 3.80. The van der Waals surface area contributed by atoms with Crippen LogP contribution in [0.4, 0.5) is 0 Å². The summed E-state index contributed by atoms with van der Waals surface area (Å²) in [6.45, 7) is 8.58. The van der Waals surface area contributed by atoms with Crippen molar-refractivity contribution in [1.82, 2.24) is 5.32 Å². The topological polar surface area (TPSA) is 25.2 Å². The summed E-state index contributed by atoms with van der Waals surface area (Å²) < 4.78 is 5.90. The quantitative estimate of drug-likeness (QED) is 0.893. The van der Waals surface area contributed by atoms with Crippen molar-refractivity contribution in [2.75, 3.05) is 7.05 Å². The summed E-state index contributed by atoms with van der Waals surface area (Å²) in [6.07, 6.45) is 0.933. The summed E-state index contributed by atoms with van der Waals surface area (Å²) in [5.41, 5.74) is 5.26. The van der Waals surface area contributed by atoms with Crippen molar-refractivity contribution in [3.8, 4) is 0 Å². The van der Waals surface area contributed by atoms with E-state index in [1.807, 2.05) is 7.05 Å². The predicted molar refractivity (Wildman–Crippen MR) is 79.6 cm³/mol. The van der Waals surface area contributed by atoms with E-state index < -0.39 is 0 Å². The highest BCUT2D eigenvalue weighted by atomic mass is 16.3. The van der Waals surface area contributed by atoms with Gasteiger partial charge in [0, 0.05) is 6.42 Å². The van der Waals surface area contributed by atoms with Gasteiger partial charge in [0.1, 0.15) is 11.5 Å². The molecule has 0 fully saturated rings. The van der Waals surface area contributed by atoms with Crippen molar-refractivity contribution < 1.29 is 4.42 Å². The second-order valence-electron chi connectivity index (χ2n) is 5.17. The van der Waals surface area contributed by atoms with Crippen LogP contribution < -0.4 is 5.32 Å². The number of benzene rings is 1. The van der Waals surface area contributed by atoms with E-state index in [0.29, 0.717) is 0 Å². The molecule has 0 radical (unpaired) electrons. The zero-order valence-electron chi connectivity index (χ0n) is 12.5. The molecule has 0 spiro atoms. The maximum Gasteiger partial charge on any atom is 0.125 e. The Morgan fingerprint density at radius 3 is 2.32 bits per heavy atom. The first kappa shape index (κ1) is 13.9. The Hall–Kier alpha value is -1.54. The van der Waals surface area contributed by atoms with Gasteiger partial charge in [-0.05, 0) is 62.2 Å². The molecule has 0 aliphatic rings. The predicted octanol–water partition coefficient (Wildman–Crippen LogP) is 4.08. The summed E-state index contributed by atoms with van der Waals surface area (Å²) in [5, 5.41) is 3.37. The Morgan fingerprint density at radius 1 is 1.05 bits per heavy atom. The first-order valence-corrected chi connectivity index (χ1v) is 6.90. The first-order chi connectivity index (χ1) is 9.06. The van der Waals surface area contributed by atoms with Gasteiger partial charge >= 0.3 is 0 Å². The average Bonchev–Trinajstić information content (AvgIpc) is 2.85. The van der Waals surface area contributed by atoms with E-state index >= 15 is 0 Å². The second-order valence-corrected chi connectivity index (χ2v) is 5.17. The van der Waals surface area contributed by atoms with Crippen LogP contribution in [0, 0.1) is 20.8 Å². The fourth-order valence-electron chi connectivity index (χ4n) is 2.48. The van der Waals surface area contributed by atoms with Crippen molar-refractivity contribution in [2.45, 2.75) is 40.2 Å². The van der Waals surface area contributed by atoms with Gasteiger partial charge in [-0.3, -0.25) is 0 Å². The van der Waals surface area contributed by atoms with Gasteiger partial charge in [0.15, 0.2) is 0 Å². The summed E-state index contributed by atoms with van der Waals surface area (Å²) >= 11 is 0. The van der Waals surface area contributed by atoms with E-state index in [1.165, 1.54) is 22.3 Å². The monoisotopic (exact) mass is 257 g/mol. The standard InChI is InChI=1S/C17H23NO/c1-6-14-7-8-16(19-14)17(18-5)15-10-12(3)11(2)9-13(15)4/h7-10,17-18H,6H2,1-5H3. The van der Waals surface area contributed by atoms with Gasteiger partial charge < -0.3 is 9.73 Å². The number of rotatable bonds is 4. The summed E-state index contributed by atoms with van der Waals surface area (Å²) in [6, 6.07) is 8.78. The van der Waals surface area contributed by atoms with Crippen molar-refractivity contribution in [1.29, 1.82) is 0 Å². The largest absolute Gasteiger partial charge is 0.464 e. The molecule has 0 saturated carbocycles. The number of hydrogen-bond donors (Lipinski definition) is 1. The molecular weight excluding hydrogens is 234 g/mol. The normalized spacial score (nSPS) is 12.7. The van der Waals surface area contributed by atoms with E-state index in [4.69, 9.17) is 4.42 Å².